The number of carbonyl (C=O) groups excluding carboxylic acids is 1. The van der Waals surface area contributed by atoms with Gasteiger partial charge in [0.25, 0.3) is 5.91 Å². The van der Waals surface area contributed by atoms with Gasteiger partial charge in [0, 0.05) is 17.8 Å². The average Bonchev–Trinajstić information content (AvgIpc) is 2.57. The minimum atomic E-state index is -0.723. The van der Waals surface area contributed by atoms with Crippen LogP contribution >= 0.6 is 0 Å². The third kappa shape index (κ3) is 3.74. The second-order valence-corrected chi connectivity index (χ2v) is 6.95. The summed E-state index contributed by atoms with van der Waals surface area (Å²) in [6.07, 6.45) is 3.26. The van der Waals surface area contributed by atoms with Crippen LogP contribution in [0.4, 0.5) is 20.3 Å². The number of rotatable bonds is 5. The molecule has 8 heteroatoms. The lowest BCUT2D eigenvalue weighted by Crippen LogP contribution is -2.52. The number of nitrogens with one attached hydrogen (secondary N) is 2. The number of hydrogen-bond acceptors (Lipinski definition) is 5. The third-order valence-corrected chi connectivity index (χ3v) is 4.61. The molecule has 26 heavy (non-hydrogen) atoms. The van der Waals surface area contributed by atoms with Gasteiger partial charge in [0.05, 0.1) is 13.3 Å². The molecule has 0 radical (unpaired) electrons. The Morgan fingerprint density at radius 2 is 1.96 bits per heavy atom. The fourth-order valence-corrected chi connectivity index (χ4v) is 2.87. The predicted octanol–water partition coefficient (Wildman–Crippen LogP) is 3.43. The summed E-state index contributed by atoms with van der Waals surface area (Å²) in [5.74, 6) is -1.59. The molecule has 2 aromatic rings. The highest BCUT2D eigenvalue weighted by atomic mass is 19.1. The molecule has 0 bridgehead atoms. The molecule has 3 rings (SSSR count). The number of methoxy groups -OCH3 is 1. The summed E-state index contributed by atoms with van der Waals surface area (Å²) in [5, 5.41) is 5.68. The van der Waals surface area contributed by atoms with E-state index < -0.39 is 17.5 Å². The topological polar surface area (TPSA) is 76.1 Å². The zero-order chi connectivity index (χ0) is 18.9. The summed E-state index contributed by atoms with van der Waals surface area (Å²) >= 11 is 0. The molecule has 1 aromatic heterocycles. The maximum atomic E-state index is 13.3. The van der Waals surface area contributed by atoms with E-state index >= 15 is 0 Å². The molecule has 138 valence electrons. The maximum absolute atomic E-state index is 13.3. The van der Waals surface area contributed by atoms with Crippen LogP contribution in [0.5, 0.6) is 5.88 Å². The summed E-state index contributed by atoms with van der Waals surface area (Å²) in [6.45, 7) is 4.17. The number of hydrogen-bond donors (Lipinski definition) is 2. The predicted molar refractivity (Wildman–Crippen MR) is 92.5 cm³/mol. The molecule has 1 aliphatic carbocycles. The van der Waals surface area contributed by atoms with Crippen LogP contribution in [0.1, 0.15) is 37.2 Å². The Bertz CT molecular complexity index is 822. The molecule has 2 N–H and O–H groups in total. The summed E-state index contributed by atoms with van der Waals surface area (Å²) in [7, 11) is 1.39. The number of benzene rings is 1. The van der Waals surface area contributed by atoms with E-state index in [2.05, 4.69) is 34.4 Å². The van der Waals surface area contributed by atoms with E-state index in [1.54, 1.807) is 0 Å². The van der Waals surface area contributed by atoms with Crippen molar-refractivity contribution < 1.29 is 18.3 Å². The number of ether oxygens (including phenoxy) is 1. The van der Waals surface area contributed by atoms with Gasteiger partial charge in [-0.1, -0.05) is 13.8 Å². The van der Waals surface area contributed by atoms with Crippen molar-refractivity contribution >= 4 is 17.4 Å². The first-order chi connectivity index (χ1) is 12.3. The highest BCUT2D eigenvalue weighted by Gasteiger charge is 2.39. The van der Waals surface area contributed by atoms with Crippen LogP contribution in [-0.4, -0.2) is 29.0 Å². The molecule has 1 heterocycles. The standard InChI is InChI=1S/C18H20F2N4O2/c1-18(2)5-4-13(18)23-16(25)15-17(26-3)21-9-14(24-15)22-12-7-10(19)6-11(20)8-12/h6-9,13H,4-5H2,1-3H3,(H,22,24)(H,23,25). The van der Waals surface area contributed by atoms with E-state index in [4.69, 9.17) is 4.74 Å². The van der Waals surface area contributed by atoms with Gasteiger partial charge in [0.15, 0.2) is 5.69 Å². The summed E-state index contributed by atoms with van der Waals surface area (Å²) in [6, 6.07) is 3.05. The second-order valence-electron chi connectivity index (χ2n) is 6.95. The van der Waals surface area contributed by atoms with Gasteiger partial charge in [-0.3, -0.25) is 4.79 Å². The minimum Gasteiger partial charge on any atom is -0.479 e. The van der Waals surface area contributed by atoms with Gasteiger partial charge >= 0.3 is 0 Å². The van der Waals surface area contributed by atoms with Gasteiger partial charge < -0.3 is 15.4 Å². The largest absolute Gasteiger partial charge is 0.479 e. The summed E-state index contributed by atoms with van der Waals surface area (Å²) in [5.41, 5.74) is 0.205. The number of anilines is 2. The van der Waals surface area contributed by atoms with Crippen LogP contribution in [0, 0.1) is 17.0 Å². The second kappa shape index (κ2) is 6.86. The van der Waals surface area contributed by atoms with E-state index in [9.17, 15) is 13.6 Å². The minimum absolute atomic E-state index is 0.0112. The van der Waals surface area contributed by atoms with Crippen molar-refractivity contribution in [2.24, 2.45) is 5.41 Å². The lowest BCUT2D eigenvalue weighted by molar-refractivity contribution is 0.0724. The van der Waals surface area contributed by atoms with Crippen LogP contribution in [0.15, 0.2) is 24.4 Å². The Hall–Kier alpha value is -2.77. The van der Waals surface area contributed by atoms with E-state index in [0.29, 0.717) is 0 Å². The number of nitrogens with zero attached hydrogens (tertiary/aromatic N) is 2. The van der Waals surface area contributed by atoms with E-state index in [1.165, 1.54) is 13.3 Å². The molecule has 1 fully saturated rings. The normalized spacial score (nSPS) is 18.0. The molecule has 1 amide bonds. The fraction of sp³-hybridized carbons (Fsp3) is 0.389. The highest BCUT2D eigenvalue weighted by Crippen LogP contribution is 2.40. The lowest BCUT2D eigenvalue weighted by Gasteiger charge is -2.44. The van der Waals surface area contributed by atoms with Crippen LogP contribution in [0.25, 0.3) is 0 Å². The van der Waals surface area contributed by atoms with Crippen molar-refractivity contribution in [1.29, 1.82) is 0 Å². The molecule has 1 atom stereocenters. The molecule has 1 aliphatic rings. The van der Waals surface area contributed by atoms with Crippen molar-refractivity contribution in [2.45, 2.75) is 32.7 Å². The van der Waals surface area contributed by atoms with E-state index in [0.717, 1.165) is 31.0 Å². The first kappa shape index (κ1) is 18.0. The molecule has 6 nitrogen and oxygen atoms in total. The van der Waals surface area contributed by atoms with Gasteiger partial charge in [-0.25, -0.2) is 18.7 Å². The van der Waals surface area contributed by atoms with Crippen LogP contribution < -0.4 is 15.4 Å². The Morgan fingerprint density at radius 3 is 2.50 bits per heavy atom. The van der Waals surface area contributed by atoms with E-state index in [1.807, 2.05) is 0 Å². The van der Waals surface area contributed by atoms with Crippen LogP contribution in [-0.2, 0) is 0 Å². The highest BCUT2D eigenvalue weighted by molar-refractivity contribution is 5.95. The number of aromatic nitrogens is 2. The Morgan fingerprint density at radius 1 is 1.27 bits per heavy atom. The van der Waals surface area contributed by atoms with Gasteiger partial charge in [0.2, 0.25) is 5.88 Å². The first-order valence-electron chi connectivity index (χ1n) is 8.23. The average molecular weight is 362 g/mol. The molecule has 0 saturated heterocycles. The Kier molecular flexibility index (Phi) is 4.76. The summed E-state index contributed by atoms with van der Waals surface area (Å²) < 4.78 is 31.7. The van der Waals surface area contributed by atoms with Gasteiger partial charge in [0.1, 0.15) is 17.5 Å². The third-order valence-electron chi connectivity index (χ3n) is 4.61. The molecule has 1 unspecified atom stereocenters. The maximum Gasteiger partial charge on any atom is 0.275 e. The van der Waals surface area contributed by atoms with Crippen molar-refractivity contribution in [2.75, 3.05) is 12.4 Å². The SMILES string of the molecule is COc1ncc(Nc2cc(F)cc(F)c2)nc1C(=O)NC1CCC1(C)C. The Labute approximate surface area is 150 Å². The van der Waals surface area contributed by atoms with Crippen molar-refractivity contribution in [3.63, 3.8) is 0 Å². The van der Waals surface area contributed by atoms with Crippen LogP contribution in [0.2, 0.25) is 0 Å². The molecule has 0 aliphatic heterocycles. The van der Waals surface area contributed by atoms with Gasteiger partial charge in [-0.2, -0.15) is 0 Å². The number of halogens is 2. The zero-order valence-electron chi connectivity index (χ0n) is 14.8. The van der Waals surface area contributed by atoms with Crippen molar-refractivity contribution in [1.82, 2.24) is 15.3 Å². The quantitative estimate of drug-likeness (QED) is 0.852. The molecule has 1 aromatic carbocycles. The monoisotopic (exact) mass is 362 g/mol. The number of carbonyl (C=O) groups is 1. The van der Waals surface area contributed by atoms with E-state index in [-0.39, 0.29) is 34.5 Å². The van der Waals surface area contributed by atoms with Crippen molar-refractivity contribution in [3.8, 4) is 5.88 Å². The molecular weight excluding hydrogens is 342 g/mol. The molecule has 1 saturated carbocycles. The molecular formula is C18H20F2N4O2. The lowest BCUT2D eigenvalue weighted by atomic mass is 9.67. The molecule has 0 spiro atoms. The fourth-order valence-electron chi connectivity index (χ4n) is 2.87. The van der Waals surface area contributed by atoms with Crippen LogP contribution in [0.3, 0.4) is 0 Å². The zero-order valence-corrected chi connectivity index (χ0v) is 14.8. The smallest absolute Gasteiger partial charge is 0.275 e. The Balaban J connectivity index is 1.83. The van der Waals surface area contributed by atoms with Gasteiger partial charge in [-0.05, 0) is 30.4 Å². The summed E-state index contributed by atoms with van der Waals surface area (Å²) in [4.78, 5) is 20.8. The number of amides is 1. The first-order valence-corrected chi connectivity index (χ1v) is 8.23. The van der Waals surface area contributed by atoms with Gasteiger partial charge in [-0.15, -0.1) is 0 Å². The van der Waals surface area contributed by atoms with Crippen molar-refractivity contribution in [3.05, 3.63) is 41.7 Å².